The van der Waals surface area contributed by atoms with Crippen molar-refractivity contribution in [1.29, 1.82) is 0 Å². The number of rotatable bonds is 6. The zero-order valence-corrected chi connectivity index (χ0v) is 16.5. The molecule has 150 valence electrons. The Morgan fingerprint density at radius 2 is 2.21 bits per heavy atom. The molecule has 0 saturated carbocycles. The van der Waals surface area contributed by atoms with Gasteiger partial charge in [-0.05, 0) is 54.3 Å². The number of benzene rings is 2. The van der Waals surface area contributed by atoms with E-state index in [1.54, 1.807) is 7.11 Å². The molecule has 0 spiro atoms. The molecule has 2 aromatic carbocycles. The van der Waals surface area contributed by atoms with Gasteiger partial charge in [0.05, 0.1) is 19.8 Å². The molecule has 4 rings (SSSR count). The summed E-state index contributed by atoms with van der Waals surface area (Å²) in [5.41, 5.74) is 3.02. The molecule has 8 nitrogen and oxygen atoms in total. The van der Waals surface area contributed by atoms with Crippen molar-refractivity contribution in [2.75, 3.05) is 13.7 Å². The van der Waals surface area contributed by atoms with E-state index >= 15 is 0 Å². The van der Waals surface area contributed by atoms with Crippen molar-refractivity contribution in [2.45, 2.75) is 32.4 Å². The molecule has 1 aliphatic rings. The number of hydrogen-bond acceptors (Lipinski definition) is 6. The highest BCUT2D eigenvalue weighted by Crippen LogP contribution is 2.27. The number of tetrazole rings is 1. The minimum absolute atomic E-state index is 0.00460. The van der Waals surface area contributed by atoms with Crippen LogP contribution in [0.15, 0.2) is 42.5 Å². The lowest BCUT2D eigenvalue weighted by atomic mass is 10.00. The van der Waals surface area contributed by atoms with Crippen molar-refractivity contribution in [3.05, 3.63) is 53.6 Å². The predicted octanol–water partition coefficient (Wildman–Crippen LogP) is 2.55. The van der Waals surface area contributed by atoms with Gasteiger partial charge in [0.25, 0.3) is 0 Å². The number of methoxy groups -OCH3 is 1. The van der Waals surface area contributed by atoms with Crippen LogP contribution in [-0.4, -0.2) is 39.8 Å². The monoisotopic (exact) mass is 393 g/mol. The van der Waals surface area contributed by atoms with Gasteiger partial charge < -0.3 is 14.8 Å². The van der Waals surface area contributed by atoms with E-state index in [0.717, 1.165) is 36.3 Å². The van der Waals surface area contributed by atoms with Crippen molar-refractivity contribution in [3.8, 4) is 22.9 Å². The molecule has 8 heteroatoms. The van der Waals surface area contributed by atoms with Crippen molar-refractivity contribution >= 4 is 5.91 Å². The lowest BCUT2D eigenvalue weighted by Crippen LogP contribution is -2.31. The molecule has 2 heterocycles. The first-order chi connectivity index (χ1) is 14.1. The van der Waals surface area contributed by atoms with Crippen LogP contribution in [0.2, 0.25) is 0 Å². The molecule has 0 radical (unpaired) electrons. The van der Waals surface area contributed by atoms with Gasteiger partial charge >= 0.3 is 0 Å². The van der Waals surface area contributed by atoms with Crippen molar-refractivity contribution in [2.24, 2.45) is 0 Å². The number of nitrogens with one attached hydrogen (secondary N) is 1. The predicted molar refractivity (Wildman–Crippen MR) is 107 cm³/mol. The highest BCUT2D eigenvalue weighted by molar-refractivity contribution is 5.76. The van der Waals surface area contributed by atoms with E-state index in [0.29, 0.717) is 11.6 Å². The molecule has 0 bridgehead atoms. The summed E-state index contributed by atoms with van der Waals surface area (Å²) in [4.78, 5) is 13.7. The second-order valence-electron chi connectivity index (χ2n) is 6.98. The maximum absolute atomic E-state index is 12.4. The molecule has 1 unspecified atom stereocenters. The summed E-state index contributed by atoms with van der Waals surface area (Å²) >= 11 is 0. The minimum Gasteiger partial charge on any atom is -0.497 e. The maximum Gasteiger partial charge on any atom is 0.244 e. The third kappa shape index (κ3) is 4.37. The molecule has 3 aromatic rings. The Morgan fingerprint density at radius 3 is 3.07 bits per heavy atom. The van der Waals surface area contributed by atoms with Gasteiger partial charge in [0.2, 0.25) is 11.7 Å². The van der Waals surface area contributed by atoms with E-state index in [1.165, 1.54) is 10.4 Å². The smallest absolute Gasteiger partial charge is 0.244 e. The quantitative estimate of drug-likeness (QED) is 0.692. The first-order valence-electron chi connectivity index (χ1n) is 9.59. The van der Waals surface area contributed by atoms with Crippen LogP contribution in [0.3, 0.4) is 0 Å². The fourth-order valence-corrected chi connectivity index (χ4v) is 3.34. The summed E-state index contributed by atoms with van der Waals surface area (Å²) in [6, 6.07) is 13.3. The fraction of sp³-hybridized carbons (Fsp3) is 0.333. The molecule has 1 aromatic heterocycles. The number of hydrogen-bond donors (Lipinski definition) is 1. The summed E-state index contributed by atoms with van der Waals surface area (Å²) in [5.74, 6) is 1.91. The first-order valence-corrected chi connectivity index (χ1v) is 9.59. The van der Waals surface area contributed by atoms with E-state index in [4.69, 9.17) is 9.47 Å². The Hall–Kier alpha value is -3.42. The molecule has 0 fully saturated rings. The standard InChI is InChI=1S/C21H23N5O3/c1-14(15-8-9-19-16(11-15)6-4-10-29-19)22-20(27)13-26-24-21(23-25-26)17-5-3-7-18(12-17)28-2/h3,5,7-9,11-12,14H,4,6,10,13H2,1-2H3,(H,22,27). The Balaban J connectivity index is 1.39. The van der Waals surface area contributed by atoms with Crippen molar-refractivity contribution in [3.63, 3.8) is 0 Å². The molecule has 1 amide bonds. The second-order valence-corrected chi connectivity index (χ2v) is 6.98. The van der Waals surface area contributed by atoms with E-state index < -0.39 is 0 Å². The van der Waals surface area contributed by atoms with Gasteiger partial charge in [-0.25, -0.2) is 0 Å². The van der Waals surface area contributed by atoms with Gasteiger partial charge in [0.15, 0.2) is 0 Å². The minimum atomic E-state index is -0.180. The summed E-state index contributed by atoms with van der Waals surface area (Å²) in [7, 11) is 1.60. The highest BCUT2D eigenvalue weighted by atomic mass is 16.5. The lowest BCUT2D eigenvalue weighted by molar-refractivity contribution is -0.122. The van der Waals surface area contributed by atoms with Crippen LogP contribution in [0.1, 0.15) is 30.5 Å². The largest absolute Gasteiger partial charge is 0.497 e. The van der Waals surface area contributed by atoms with Crippen LogP contribution in [0.4, 0.5) is 0 Å². The van der Waals surface area contributed by atoms with E-state index in [1.807, 2.05) is 43.3 Å². The van der Waals surface area contributed by atoms with E-state index in [-0.39, 0.29) is 18.5 Å². The number of ether oxygens (including phenoxy) is 2. The Morgan fingerprint density at radius 1 is 1.31 bits per heavy atom. The Labute approximate surface area is 168 Å². The van der Waals surface area contributed by atoms with Gasteiger partial charge in [-0.3, -0.25) is 4.79 Å². The summed E-state index contributed by atoms with van der Waals surface area (Å²) in [5, 5.41) is 15.3. The van der Waals surface area contributed by atoms with Gasteiger partial charge in [-0.1, -0.05) is 24.3 Å². The molecule has 1 N–H and O–H groups in total. The Bertz CT molecular complexity index is 1020. The zero-order valence-electron chi connectivity index (χ0n) is 16.5. The third-order valence-corrected chi connectivity index (χ3v) is 4.88. The summed E-state index contributed by atoms with van der Waals surface area (Å²) in [6.07, 6.45) is 2.02. The van der Waals surface area contributed by atoms with Crippen LogP contribution < -0.4 is 14.8 Å². The third-order valence-electron chi connectivity index (χ3n) is 4.88. The lowest BCUT2D eigenvalue weighted by Gasteiger charge is -2.20. The van der Waals surface area contributed by atoms with Crippen molar-refractivity contribution < 1.29 is 14.3 Å². The molecular weight excluding hydrogens is 370 g/mol. The normalized spacial score (nSPS) is 13.9. The number of nitrogens with zero attached hydrogens (tertiary/aromatic N) is 4. The maximum atomic E-state index is 12.4. The number of aryl methyl sites for hydroxylation is 1. The van der Waals surface area contributed by atoms with Gasteiger partial charge in [-0.15, -0.1) is 10.2 Å². The van der Waals surface area contributed by atoms with Crippen molar-refractivity contribution in [1.82, 2.24) is 25.5 Å². The molecular formula is C21H23N5O3. The topological polar surface area (TPSA) is 91.2 Å². The zero-order chi connectivity index (χ0) is 20.2. The van der Waals surface area contributed by atoms with Gasteiger partial charge in [0, 0.05) is 5.56 Å². The molecule has 0 aliphatic carbocycles. The Kier molecular flexibility index (Phi) is 5.41. The first kappa shape index (κ1) is 18.9. The van der Waals surface area contributed by atoms with Crippen LogP contribution in [-0.2, 0) is 17.8 Å². The van der Waals surface area contributed by atoms with E-state index in [9.17, 15) is 4.79 Å². The molecule has 0 saturated heterocycles. The van der Waals surface area contributed by atoms with Crippen LogP contribution in [0.5, 0.6) is 11.5 Å². The average molecular weight is 393 g/mol. The highest BCUT2D eigenvalue weighted by Gasteiger charge is 2.16. The number of amides is 1. The summed E-state index contributed by atoms with van der Waals surface area (Å²) < 4.78 is 10.9. The molecule has 1 aliphatic heterocycles. The average Bonchev–Trinajstić information content (AvgIpc) is 3.21. The van der Waals surface area contributed by atoms with E-state index in [2.05, 4.69) is 26.8 Å². The molecule has 1 atom stereocenters. The number of fused-ring (bicyclic) bond motifs is 1. The molecule has 29 heavy (non-hydrogen) atoms. The van der Waals surface area contributed by atoms with Crippen LogP contribution in [0.25, 0.3) is 11.4 Å². The fourth-order valence-electron chi connectivity index (χ4n) is 3.34. The van der Waals surface area contributed by atoms with Gasteiger partial charge in [-0.2, -0.15) is 4.80 Å². The number of carbonyl (C=O) groups is 1. The van der Waals surface area contributed by atoms with Crippen LogP contribution >= 0.6 is 0 Å². The number of aromatic nitrogens is 4. The van der Waals surface area contributed by atoms with Crippen LogP contribution in [0, 0.1) is 0 Å². The number of carbonyl (C=O) groups excluding carboxylic acids is 1. The summed E-state index contributed by atoms with van der Waals surface area (Å²) in [6.45, 7) is 2.72. The SMILES string of the molecule is COc1cccc(-c2nnn(CC(=O)NC(C)c3ccc4c(c3)CCCO4)n2)c1. The van der Waals surface area contributed by atoms with Gasteiger partial charge in [0.1, 0.15) is 18.0 Å². The second kappa shape index (κ2) is 8.30.